The van der Waals surface area contributed by atoms with E-state index in [9.17, 15) is 0 Å². The van der Waals surface area contributed by atoms with Crippen LogP contribution in [0.25, 0.3) is 0 Å². The third kappa shape index (κ3) is 2.83. The molecule has 1 aromatic rings. The van der Waals surface area contributed by atoms with Crippen molar-refractivity contribution in [2.45, 2.75) is 70.9 Å². The van der Waals surface area contributed by atoms with Gasteiger partial charge in [0, 0.05) is 12.5 Å². The van der Waals surface area contributed by atoms with Gasteiger partial charge in [0.05, 0.1) is 0 Å². The molecule has 0 aromatic heterocycles. The summed E-state index contributed by atoms with van der Waals surface area (Å²) in [4.78, 5) is 0. The van der Waals surface area contributed by atoms with Crippen molar-refractivity contribution in [3.05, 3.63) is 29.3 Å². The van der Waals surface area contributed by atoms with E-state index in [0.717, 1.165) is 12.2 Å². The molecule has 0 bridgehead atoms. The summed E-state index contributed by atoms with van der Waals surface area (Å²) < 4.78 is 6.01. The number of nitrogens with one attached hydrogen (secondary N) is 1. The largest absolute Gasteiger partial charge is 0.487 e. The summed E-state index contributed by atoms with van der Waals surface area (Å²) in [5.74, 6) is 1.08. The van der Waals surface area contributed by atoms with Crippen LogP contribution in [0.1, 0.15) is 70.0 Å². The maximum Gasteiger partial charge on any atom is 0.123 e. The van der Waals surface area contributed by atoms with Crippen molar-refractivity contribution in [1.82, 2.24) is 5.32 Å². The van der Waals surface area contributed by atoms with E-state index in [1.807, 2.05) is 0 Å². The van der Waals surface area contributed by atoms with Crippen molar-refractivity contribution >= 4 is 0 Å². The van der Waals surface area contributed by atoms with E-state index >= 15 is 0 Å². The van der Waals surface area contributed by atoms with E-state index in [0.29, 0.717) is 11.5 Å². The summed E-state index contributed by atoms with van der Waals surface area (Å²) in [6, 6.07) is 7.27. The number of rotatable bonds is 3. The van der Waals surface area contributed by atoms with Crippen LogP contribution in [0.3, 0.4) is 0 Å². The summed E-state index contributed by atoms with van der Waals surface area (Å²) >= 11 is 0. The molecule has 0 spiro atoms. The van der Waals surface area contributed by atoms with Gasteiger partial charge in [0.1, 0.15) is 11.4 Å². The van der Waals surface area contributed by atoms with Gasteiger partial charge in [-0.15, -0.1) is 0 Å². The SMILES string of the molecule is CNC(c1ccc2c(c1)CC(C)(C)O2)C1(C)CCCCC1. The fourth-order valence-electron chi connectivity index (χ4n) is 4.37. The van der Waals surface area contributed by atoms with Gasteiger partial charge in [-0.2, -0.15) is 0 Å². The maximum absolute atomic E-state index is 6.01. The van der Waals surface area contributed by atoms with Crippen LogP contribution in [0, 0.1) is 5.41 Å². The van der Waals surface area contributed by atoms with Crippen LogP contribution in [-0.4, -0.2) is 12.6 Å². The molecule has 1 aliphatic heterocycles. The van der Waals surface area contributed by atoms with E-state index in [1.165, 1.54) is 43.2 Å². The first-order valence-corrected chi connectivity index (χ1v) is 8.43. The molecule has 1 aliphatic carbocycles. The number of fused-ring (bicyclic) bond motifs is 1. The minimum Gasteiger partial charge on any atom is -0.487 e. The van der Waals surface area contributed by atoms with Crippen LogP contribution in [-0.2, 0) is 6.42 Å². The van der Waals surface area contributed by atoms with Gasteiger partial charge in [0.25, 0.3) is 0 Å². The molecule has 1 aromatic carbocycles. The van der Waals surface area contributed by atoms with Crippen LogP contribution >= 0.6 is 0 Å². The number of hydrogen-bond acceptors (Lipinski definition) is 2. The summed E-state index contributed by atoms with van der Waals surface area (Å²) in [6.45, 7) is 6.80. The number of benzene rings is 1. The summed E-state index contributed by atoms with van der Waals surface area (Å²) in [7, 11) is 2.11. The van der Waals surface area contributed by atoms with Gasteiger partial charge >= 0.3 is 0 Å². The van der Waals surface area contributed by atoms with Gasteiger partial charge in [-0.3, -0.25) is 0 Å². The summed E-state index contributed by atoms with van der Waals surface area (Å²) in [6.07, 6.45) is 7.82. The fraction of sp³-hybridized carbons (Fsp3) is 0.684. The summed E-state index contributed by atoms with van der Waals surface area (Å²) in [5.41, 5.74) is 3.14. The fourth-order valence-corrected chi connectivity index (χ4v) is 4.37. The summed E-state index contributed by atoms with van der Waals surface area (Å²) in [5, 5.41) is 3.60. The van der Waals surface area contributed by atoms with Crippen molar-refractivity contribution in [1.29, 1.82) is 0 Å². The lowest BCUT2D eigenvalue weighted by Gasteiger charge is -2.41. The van der Waals surface area contributed by atoms with Crippen LogP contribution in [0.15, 0.2) is 18.2 Å². The topological polar surface area (TPSA) is 21.3 Å². The Balaban J connectivity index is 1.89. The maximum atomic E-state index is 6.01. The van der Waals surface area contributed by atoms with Crippen LogP contribution in [0.2, 0.25) is 0 Å². The monoisotopic (exact) mass is 287 g/mol. The lowest BCUT2D eigenvalue weighted by atomic mass is 9.68. The molecule has 1 atom stereocenters. The highest BCUT2D eigenvalue weighted by Gasteiger charge is 2.37. The average molecular weight is 287 g/mol. The second-order valence-electron chi connectivity index (χ2n) is 7.84. The standard InChI is InChI=1S/C19H29NO/c1-18(2)13-15-12-14(8-9-16(15)21-18)17(20-4)19(3)10-6-5-7-11-19/h8-9,12,17,20H,5-7,10-11,13H2,1-4H3. The molecule has 1 unspecified atom stereocenters. The van der Waals surface area contributed by atoms with Crippen LogP contribution < -0.4 is 10.1 Å². The highest BCUT2D eigenvalue weighted by atomic mass is 16.5. The minimum absolute atomic E-state index is 0.0508. The van der Waals surface area contributed by atoms with Gasteiger partial charge in [-0.1, -0.05) is 38.3 Å². The van der Waals surface area contributed by atoms with Gasteiger partial charge in [-0.05, 0) is 56.3 Å². The Bertz CT molecular complexity index is 514. The second-order valence-corrected chi connectivity index (χ2v) is 7.84. The van der Waals surface area contributed by atoms with Crippen molar-refractivity contribution in [2.75, 3.05) is 7.05 Å². The molecule has 0 radical (unpaired) electrons. The first kappa shape index (κ1) is 14.9. The molecule has 1 heterocycles. The Kier molecular flexibility index (Phi) is 3.77. The normalized spacial score (nSPS) is 24.2. The molecule has 1 fully saturated rings. The molecule has 0 saturated heterocycles. The first-order chi connectivity index (χ1) is 9.93. The van der Waals surface area contributed by atoms with Crippen LogP contribution in [0.5, 0.6) is 5.75 Å². The molecule has 1 N–H and O–H groups in total. The van der Waals surface area contributed by atoms with Crippen molar-refractivity contribution in [3.8, 4) is 5.75 Å². The molecule has 2 aliphatic rings. The molecule has 2 nitrogen and oxygen atoms in total. The van der Waals surface area contributed by atoms with E-state index in [2.05, 4.69) is 51.3 Å². The van der Waals surface area contributed by atoms with E-state index in [-0.39, 0.29) is 5.60 Å². The molecule has 3 rings (SSSR count). The zero-order valence-corrected chi connectivity index (χ0v) is 14.0. The number of ether oxygens (including phenoxy) is 1. The molecule has 1 saturated carbocycles. The zero-order valence-electron chi connectivity index (χ0n) is 14.0. The predicted molar refractivity (Wildman–Crippen MR) is 87.8 cm³/mol. The van der Waals surface area contributed by atoms with Crippen molar-refractivity contribution in [2.24, 2.45) is 5.41 Å². The van der Waals surface area contributed by atoms with Crippen LogP contribution in [0.4, 0.5) is 0 Å². The molecule has 0 amide bonds. The lowest BCUT2D eigenvalue weighted by molar-refractivity contribution is 0.138. The smallest absolute Gasteiger partial charge is 0.123 e. The molecular formula is C19H29NO. The van der Waals surface area contributed by atoms with E-state index < -0.39 is 0 Å². The number of hydrogen-bond donors (Lipinski definition) is 1. The Morgan fingerprint density at radius 1 is 1.10 bits per heavy atom. The van der Waals surface area contributed by atoms with Crippen molar-refractivity contribution in [3.63, 3.8) is 0 Å². The minimum atomic E-state index is -0.0508. The quantitative estimate of drug-likeness (QED) is 0.875. The van der Waals surface area contributed by atoms with Crippen molar-refractivity contribution < 1.29 is 4.74 Å². The zero-order chi connectivity index (χ0) is 15.1. The third-order valence-corrected chi connectivity index (χ3v) is 5.40. The predicted octanol–water partition coefficient (Wildman–Crippen LogP) is 4.63. The Hall–Kier alpha value is -1.02. The highest BCUT2D eigenvalue weighted by Crippen LogP contribution is 2.46. The average Bonchev–Trinajstić information content (AvgIpc) is 2.73. The Labute approximate surface area is 129 Å². The van der Waals surface area contributed by atoms with E-state index in [4.69, 9.17) is 4.74 Å². The highest BCUT2D eigenvalue weighted by molar-refractivity contribution is 5.43. The van der Waals surface area contributed by atoms with Gasteiger partial charge in [0.15, 0.2) is 0 Å². The van der Waals surface area contributed by atoms with Gasteiger partial charge in [0.2, 0.25) is 0 Å². The van der Waals surface area contributed by atoms with Gasteiger partial charge in [-0.25, -0.2) is 0 Å². The first-order valence-electron chi connectivity index (χ1n) is 8.43. The Morgan fingerprint density at radius 2 is 1.81 bits per heavy atom. The molecule has 21 heavy (non-hydrogen) atoms. The van der Waals surface area contributed by atoms with Gasteiger partial charge < -0.3 is 10.1 Å². The van der Waals surface area contributed by atoms with E-state index in [1.54, 1.807) is 0 Å². The molecule has 2 heteroatoms. The second kappa shape index (κ2) is 5.31. The Morgan fingerprint density at radius 3 is 2.48 bits per heavy atom. The lowest BCUT2D eigenvalue weighted by Crippen LogP contribution is -2.36. The molecule has 116 valence electrons. The third-order valence-electron chi connectivity index (χ3n) is 5.40. The molecular weight excluding hydrogens is 258 g/mol.